The van der Waals surface area contributed by atoms with Crippen LogP contribution in [0.1, 0.15) is 28.3 Å². The van der Waals surface area contributed by atoms with E-state index in [4.69, 9.17) is 0 Å². The van der Waals surface area contributed by atoms with Gasteiger partial charge in [-0.2, -0.15) is 0 Å². The van der Waals surface area contributed by atoms with E-state index in [0.717, 1.165) is 10.2 Å². The third-order valence-corrected chi connectivity index (χ3v) is 5.85. The summed E-state index contributed by atoms with van der Waals surface area (Å²) < 4.78 is 2.36. The van der Waals surface area contributed by atoms with Gasteiger partial charge < -0.3 is 5.32 Å². The second-order valence-corrected chi connectivity index (χ2v) is 8.44. The van der Waals surface area contributed by atoms with Crippen LogP contribution in [0, 0.1) is 13.8 Å². The van der Waals surface area contributed by atoms with Crippen LogP contribution in [0.25, 0.3) is 0 Å². The zero-order valence-corrected chi connectivity index (χ0v) is 15.2. The van der Waals surface area contributed by atoms with Gasteiger partial charge in [-0.25, -0.2) is 0 Å². The van der Waals surface area contributed by atoms with E-state index in [1.807, 2.05) is 7.05 Å². The van der Waals surface area contributed by atoms with Crippen LogP contribution in [0.2, 0.25) is 0 Å². The van der Waals surface area contributed by atoms with Gasteiger partial charge in [0.05, 0.1) is 7.57 Å². The summed E-state index contributed by atoms with van der Waals surface area (Å²) >= 11 is 8.94. The highest BCUT2D eigenvalue weighted by molar-refractivity contribution is 9.12. The van der Waals surface area contributed by atoms with E-state index >= 15 is 0 Å². The first-order chi connectivity index (χ1) is 9.02. The van der Waals surface area contributed by atoms with E-state index in [0.29, 0.717) is 6.04 Å². The third kappa shape index (κ3) is 3.48. The number of halogens is 2. The molecule has 0 bridgehead atoms. The first kappa shape index (κ1) is 15.2. The van der Waals surface area contributed by atoms with E-state index in [-0.39, 0.29) is 0 Å². The van der Waals surface area contributed by atoms with Crippen molar-refractivity contribution in [1.82, 2.24) is 5.32 Å². The monoisotopic (exact) mass is 401 g/mol. The minimum absolute atomic E-state index is 0.330. The van der Waals surface area contributed by atoms with Crippen LogP contribution in [-0.4, -0.2) is 7.05 Å². The molecule has 102 valence electrons. The lowest BCUT2D eigenvalue weighted by Crippen LogP contribution is -2.19. The summed E-state index contributed by atoms with van der Waals surface area (Å²) in [6.45, 7) is 4.38. The summed E-state index contributed by atoms with van der Waals surface area (Å²) in [6.07, 6.45) is 1.01. The van der Waals surface area contributed by atoms with Gasteiger partial charge in [-0.15, -0.1) is 11.3 Å². The quantitative estimate of drug-likeness (QED) is 0.722. The standard InChI is InChI=1S/C15H17Br2NS/c1-9-5-4-6-10(2)11(9)7-13(18-3)12-8-14(16)19-15(12)17/h4-6,8,13,18H,7H2,1-3H3. The van der Waals surface area contributed by atoms with E-state index in [9.17, 15) is 0 Å². The lowest BCUT2D eigenvalue weighted by molar-refractivity contribution is 0.589. The molecule has 1 aromatic heterocycles. The van der Waals surface area contributed by atoms with Gasteiger partial charge >= 0.3 is 0 Å². The number of likely N-dealkylation sites (N-methyl/N-ethyl adjacent to an activating group) is 1. The molecule has 0 saturated carbocycles. The second-order valence-electron chi connectivity index (χ2n) is 4.70. The zero-order valence-electron chi connectivity index (χ0n) is 11.3. The van der Waals surface area contributed by atoms with Crippen LogP contribution in [0.15, 0.2) is 31.8 Å². The van der Waals surface area contributed by atoms with Crippen molar-refractivity contribution in [1.29, 1.82) is 0 Å². The first-order valence-corrected chi connectivity index (χ1v) is 8.60. The van der Waals surface area contributed by atoms with Crippen LogP contribution >= 0.6 is 43.2 Å². The molecule has 2 aromatic rings. The molecule has 0 aliphatic rings. The summed E-state index contributed by atoms with van der Waals surface area (Å²) in [4.78, 5) is 0. The lowest BCUT2D eigenvalue weighted by Gasteiger charge is -2.19. The van der Waals surface area contributed by atoms with Crippen molar-refractivity contribution in [3.63, 3.8) is 0 Å². The zero-order chi connectivity index (χ0) is 14.0. The Hall–Kier alpha value is -0.160. The summed E-state index contributed by atoms with van der Waals surface area (Å²) in [5.74, 6) is 0. The van der Waals surface area contributed by atoms with E-state index in [1.54, 1.807) is 11.3 Å². The maximum Gasteiger partial charge on any atom is 0.0758 e. The predicted octanol–water partition coefficient (Wildman–Crippen LogP) is 5.39. The van der Waals surface area contributed by atoms with Crippen LogP contribution in [0.5, 0.6) is 0 Å². The maximum absolute atomic E-state index is 3.66. The molecule has 1 unspecified atom stereocenters. The Morgan fingerprint density at radius 3 is 2.32 bits per heavy atom. The molecule has 0 radical (unpaired) electrons. The largest absolute Gasteiger partial charge is 0.313 e. The number of hydrogen-bond acceptors (Lipinski definition) is 2. The Morgan fingerprint density at radius 2 is 1.84 bits per heavy atom. The van der Waals surface area contributed by atoms with Crippen molar-refractivity contribution in [3.8, 4) is 0 Å². The Labute approximate surface area is 135 Å². The van der Waals surface area contributed by atoms with Crippen molar-refractivity contribution < 1.29 is 0 Å². The van der Waals surface area contributed by atoms with Gasteiger partial charge in [0.25, 0.3) is 0 Å². The molecule has 0 aliphatic carbocycles. The van der Waals surface area contributed by atoms with Crippen LogP contribution in [0.3, 0.4) is 0 Å². The fourth-order valence-electron chi connectivity index (χ4n) is 2.33. The Kier molecular flexibility index (Phi) is 5.23. The normalized spacial score (nSPS) is 12.7. The fraction of sp³-hybridized carbons (Fsp3) is 0.333. The van der Waals surface area contributed by atoms with Crippen LogP contribution < -0.4 is 5.32 Å². The SMILES string of the molecule is CNC(Cc1c(C)cccc1C)c1cc(Br)sc1Br. The molecule has 1 N–H and O–H groups in total. The molecular weight excluding hydrogens is 386 g/mol. The number of nitrogens with one attached hydrogen (secondary N) is 1. The molecule has 0 saturated heterocycles. The minimum Gasteiger partial charge on any atom is -0.313 e. The van der Waals surface area contributed by atoms with Crippen molar-refractivity contribution in [2.45, 2.75) is 26.3 Å². The van der Waals surface area contributed by atoms with Gasteiger partial charge in [-0.05, 0) is 87.5 Å². The summed E-state index contributed by atoms with van der Waals surface area (Å²) in [5, 5.41) is 3.43. The predicted molar refractivity (Wildman–Crippen MR) is 91.1 cm³/mol. The van der Waals surface area contributed by atoms with Gasteiger partial charge in [0.15, 0.2) is 0 Å². The molecule has 1 nitrogen and oxygen atoms in total. The number of thiophene rings is 1. The molecular formula is C15H17Br2NS. The highest BCUT2D eigenvalue weighted by atomic mass is 79.9. The molecule has 19 heavy (non-hydrogen) atoms. The van der Waals surface area contributed by atoms with Gasteiger partial charge in [-0.3, -0.25) is 0 Å². The number of rotatable bonds is 4. The van der Waals surface area contributed by atoms with Crippen LogP contribution in [0.4, 0.5) is 0 Å². The molecule has 1 aromatic carbocycles. The van der Waals surface area contributed by atoms with E-state index in [2.05, 4.69) is 75.3 Å². The van der Waals surface area contributed by atoms with Gasteiger partial charge in [-0.1, -0.05) is 18.2 Å². The molecule has 0 aliphatic heterocycles. The van der Waals surface area contributed by atoms with Crippen molar-refractivity contribution in [2.24, 2.45) is 0 Å². The van der Waals surface area contributed by atoms with Crippen molar-refractivity contribution in [2.75, 3.05) is 7.05 Å². The lowest BCUT2D eigenvalue weighted by atomic mass is 9.94. The highest BCUT2D eigenvalue weighted by Gasteiger charge is 2.17. The van der Waals surface area contributed by atoms with Crippen molar-refractivity contribution in [3.05, 3.63) is 54.1 Å². The van der Waals surface area contributed by atoms with Gasteiger partial charge in [0, 0.05) is 6.04 Å². The smallest absolute Gasteiger partial charge is 0.0758 e. The molecule has 1 heterocycles. The number of benzene rings is 1. The minimum atomic E-state index is 0.330. The Balaban J connectivity index is 2.32. The number of hydrogen-bond donors (Lipinski definition) is 1. The second kappa shape index (κ2) is 6.53. The Bertz CT molecular complexity index is 557. The summed E-state index contributed by atoms with van der Waals surface area (Å²) in [7, 11) is 2.02. The maximum atomic E-state index is 3.66. The van der Waals surface area contributed by atoms with Crippen molar-refractivity contribution >= 4 is 43.2 Å². The molecule has 0 fully saturated rings. The average Bonchev–Trinajstić information content (AvgIpc) is 2.68. The molecule has 1 atom stereocenters. The number of aryl methyl sites for hydroxylation is 2. The first-order valence-electron chi connectivity index (χ1n) is 6.20. The topological polar surface area (TPSA) is 12.0 Å². The van der Waals surface area contributed by atoms with Gasteiger partial charge in [0.2, 0.25) is 0 Å². The molecule has 0 spiro atoms. The summed E-state index contributed by atoms with van der Waals surface area (Å²) in [6, 6.07) is 9.03. The summed E-state index contributed by atoms with van der Waals surface area (Å²) in [5.41, 5.74) is 5.49. The van der Waals surface area contributed by atoms with Crippen LogP contribution in [-0.2, 0) is 6.42 Å². The molecule has 2 rings (SSSR count). The molecule has 0 amide bonds. The third-order valence-electron chi connectivity index (χ3n) is 3.46. The highest BCUT2D eigenvalue weighted by Crippen LogP contribution is 2.37. The van der Waals surface area contributed by atoms with E-state index in [1.165, 1.54) is 26.0 Å². The van der Waals surface area contributed by atoms with Gasteiger partial charge in [0.1, 0.15) is 0 Å². The Morgan fingerprint density at radius 1 is 1.21 bits per heavy atom. The fourth-order valence-corrected chi connectivity index (χ4v) is 5.31. The van der Waals surface area contributed by atoms with E-state index < -0.39 is 0 Å². The molecule has 4 heteroatoms. The average molecular weight is 403 g/mol.